The van der Waals surface area contributed by atoms with E-state index in [1.54, 1.807) is 18.2 Å². The van der Waals surface area contributed by atoms with Gasteiger partial charge in [0.1, 0.15) is 11.8 Å². The van der Waals surface area contributed by atoms with Crippen LogP contribution in [0.25, 0.3) is 0 Å². The van der Waals surface area contributed by atoms with Crippen LogP contribution >= 0.6 is 0 Å². The van der Waals surface area contributed by atoms with Gasteiger partial charge < -0.3 is 9.47 Å². The Morgan fingerprint density at radius 2 is 2.12 bits per heavy atom. The Kier molecular flexibility index (Phi) is 5.75. The van der Waals surface area contributed by atoms with Gasteiger partial charge in [0, 0.05) is 6.42 Å². The van der Waals surface area contributed by atoms with Crippen LogP contribution in [0.2, 0.25) is 0 Å². The van der Waals surface area contributed by atoms with Gasteiger partial charge in [0.05, 0.1) is 25.4 Å². The van der Waals surface area contributed by atoms with E-state index in [1.165, 1.54) is 0 Å². The molecule has 3 nitrogen and oxygen atoms in total. The maximum atomic E-state index is 8.83. The Bertz CT molecular complexity index is 368. The van der Waals surface area contributed by atoms with Crippen LogP contribution in [-0.2, 0) is 4.74 Å². The molecule has 0 atom stereocenters. The van der Waals surface area contributed by atoms with Crippen molar-refractivity contribution in [1.29, 1.82) is 5.26 Å². The highest BCUT2D eigenvalue weighted by Gasteiger charge is 2.00. The topological polar surface area (TPSA) is 42.2 Å². The molecule has 0 aliphatic carbocycles. The summed E-state index contributed by atoms with van der Waals surface area (Å²) in [6.45, 7) is 5.31. The molecule has 1 aromatic rings. The molecular weight excluding hydrogens is 202 g/mol. The normalized spacial score (nSPS) is 9.44. The molecule has 1 aromatic carbocycles. The van der Waals surface area contributed by atoms with E-state index >= 15 is 0 Å². The summed E-state index contributed by atoms with van der Waals surface area (Å²) >= 11 is 0. The minimum Gasteiger partial charge on any atom is -0.492 e. The lowest BCUT2D eigenvalue weighted by molar-refractivity contribution is 0.143. The molecule has 0 bridgehead atoms. The summed E-state index contributed by atoms with van der Waals surface area (Å²) in [4.78, 5) is 0. The summed E-state index contributed by atoms with van der Waals surface area (Å²) in [7, 11) is 0. The Morgan fingerprint density at radius 3 is 2.88 bits per heavy atom. The van der Waals surface area contributed by atoms with Crippen molar-refractivity contribution >= 4 is 0 Å². The predicted molar refractivity (Wildman–Crippen MR) is 62.3 cm³/mol. The molecule has 0 N–H and O–H groups in total. The lowest BCUT2D eigenvalue weighted by Gasteiger charge is -2.07. The summed E-state index contributed by atoms with van der Waals surface area (Å²) in [6, 6.07) is 9.29. The molecule has 0 radical (unpaired) electrons. The molecule has 0 aliphatic heterocycles. The predicted octanol–water partition coefficient (Wildman–Crippen LogP) is 2.53. The first-order valence-corrected chi connectivity index (χ1v) is 5.19. The van der Waals surface area contributed by atoms with Gasteiger partial charge in [-0.15, -0.1) is 6.58 Å². The Morgan fingerprint density at radius 1 is 1.31 bits per heavy atom. The largest absolute Gasteiger partial charge is 0.492 e. The minimum atomic E-state index is 0.551. The third-order valence-electron chi connectivity index (χ3n) is 1.93. The average molecular weight is 217 g/mol. The van der Waals surface area contributed by atoms with Crippen LogP contribution < -0.4 is 4.74 Å². The quantitative estimate of drug-likeness (QED) is 0.520. The van der Waals surface area contributed by atoms with Crippen LogP contribution in [0.3, 0.4) is 0 Å². The SMILES string of the molecule is C=CCOCCCOc1ccccc1C#N. The molecule has 0 spiro atoms. The van der Waals surface area contributed by atoms with Crippen molar-refractivity contribution in [2.45, 2.75) is 6.42 Å². The average Bonchev–Trinajstić information content (AvgIpc) is 2.34. The number of hydrogen-bond donors (Lipinski definition) is 0. The molecule has 0 heterocycles. The van der Waals surface area contributed by atoms with Gasteiger partial charge in [-0.3, -0.25) is 0 Å². The molecule has 3 heteroatoms. The van der Waals surface area contributed by atoms with Gasteiger partial charge in [-0.1, -0.05) is 18.2 Å². The van der Waals surface area contributed by atoms with Crippen LogP contribution in [-0.4, -0.2) is 19.8 Å². The number of nitrogens with zero attached hydrogens (tertiary/aromatic N) is 1. The van der Waals surface area contributed by atoms with E-state index in [-0.39, 0.29) is 0 Å². The number of benzene rings is 1. The molecule has 84 valence electrons. The molecular formula is C13H15NO2. The van der Waals surface area contributed by atoms with Gasteiger partial charge in [-0.25, -0.2) is 0 Å². The van der Waals surface area contributed by atoms with Gasteiger partial charge in [0.2, 0.25) is 0 Å². The fraction of sp³-hybridized carbons (Fsp3) is 0.308. The first-order valence-electron chi connectivity index (χ1n) is 5.19. The summed E-state index contributed by atoms with van der Waals surface area (Å²) < 4.78 is 10.7. The van der Waals surface area contributed by atoms with Crippen LogP contribution in [0.15, 0.2) is 36.9 Å². The van der Waals surface area contributed by atoms with Crippen LogP contribution in [0.5, 0.6) is 5.75 Å². The monoisotopic (exact) mass is 217 g/mol. The van der Waals surface area contributed by atoms with Gasteiger partial charge >= 0.3 is 0 Å². The van der Waals surface area contributed by atoms with Gasteiger partial charge in [-0.05, 0) is 12.1 Å². The minimum absolute atomic E-state index is 0.551. The number of hydrogen-bond acceptors (Lipinski definition) is 3. The highest BCUT2D eigenvalue weighted by molar-refractivity contribution is 5.42. The van der Waals surface area contributed by atoms with Crippen LogP contribution in [0.1, 0.15) is 12.0 Å². The second-order valence-electron chi connectivity index (χ2n) is 3.17. The zero-order valence-corrected chi connectivity index (χ0v) is 9.19. The summed E-state index contributed by atoms with van der Waals surface area (Å²) in [5, 5.41) is 8.83. The van der Waals surface area contributed by atoms with E-state index in [1.807, 2.05) is 12.1 Å². The van der Waals surface area contributed by atoms with Crippen molar-refractivity contribution in [1.82, 2.24) is 0 Å². The van der Waals surface area contributed by atoms with Crippen molar-refractivity contribution in [2.75, 3.05) is 19.8 Å². The van der Waals surface area contributed by atoms with Gasteiger partial charge in [0.15, 0.2) is 0 Å². The first-order chi connectivity index (χ1) is 7.88. The zero-order valence-electron chi connectivity index (χ0n) is 9.19. The zero-order chi connectivity index (χ0) is 11.6. The highest BCUT2D eigenvalue weighted by Crippen LogP contribution is 2.16. The highest BCUT2D eigenvalue weighted by atomic mass is 16.5. The van der Waals surface area contributed by atoms with Crippen molar-refractivity contribution in [2.24, 2.45) is 0 Å². The third kappa shape index (κ3) is 4.16. The molecule has 0 unspecified atom stereocenters. The summed E-state index contributed by atoms with van der Waals surface area (Å²) in [5.74, 6) is 0.633. The molecule has 0 saturated heterocycles. The molecule has 1 rings (SSSR count). The van der Waals surface area contributed by atoms with Crippen molar-refractivity contribution in [3.63, 3.8) is 0 Å². The number of para-hydroxylation sites is 1. The fourth-order valence-corrected chi connectivity index (χ4v) is 1.19. The standard InChI is InChI=1S/C13H15NO2/c1-2-8-15-9-5-10-16-13-7-4-3-6-12(13)11-14/h2-4,6-7H,1,5,8-10H2. The molecule has 0 aliphatic rings. The van der Waals surface area contributed by atoms with Crippen molar-refractivity contribution in [3.8, 4) is 11.8 Å². The van der Waals surface area contributed by atoms with Gasteiger partial charge in [-0.2, -0.15) is 5.26 Å². The van der Waals surface area contributed by atoms with E-state index in [0.717, 1.165) is 6.42 Å². The third-order valence-corrected chi connectivity index (χ3v) is 1.93. The Hall–Kier alpha value is -1.79. The lowest BCUT2D eigenvalue weighted by atomic mass is 10.2. The maximum absolute atomic E-state index is 8.83. The van der Waals surface area contributed by atoms with Gasteiger partial charge in [0.25, 0.3) is 0 Å². The van der Waals surface area contributed by atoms with E-state index in [9.17, 15) is 0 Å². The van der Waals surface area contributed by atoms with Crippen molar-refractivity contribution in [3.05, 3.63) is 42.5 Å². The fourth-order valence-electron chi connectivity index (χ4n) is 1.19. The number of nitriles is 1. The summed E-state index contributed by atoms with van der Waals surface area (Å²) in [6.07, 6.45) is 2.51. The molecule has 0 aromatic heterocycles. The van der Waals surface area contributed by atoms with Crippen molar-refractivity contribution < 1.29 is 9.47 Å². The van der Waals surface area contributed by atoms with E-state index in [4.69, 9.17) is 14.7 Å². The number of rotatable bonds is 7. The second kappa shape index (κ2) is 7.49. The second-order valence-corrected chi connectivity index (χ2v) is 3.17. The first kappa shape index (κ1) is 12.3. The lowest BCUT2D eigenvalue weighted by Crippen LogP contribution is -2.03. The van der Waals surface area contributed by atoms with E-state index in [0.29, 0.717) is 31.1 Å². The smallest absolute Gasteiger partial charge is 0.137 e. The maximum Gasteiger partial charge on any atom is 0.137 e. The Balaban J connectivity index is 2.27. The van der Waals surface area contributed by atoms with Crippen LogP contribution in [0.4, 0.5) is 0 Å². The molecule has 0 amide bonds. The van der Waals surface area contributed by atoms with E-state index in [2.05, 4.69) is 12.6 Å². The van der Waals surface area contributed by atoms with Crippen LogP contribution in [0, 0.1) is 11.3 Å². The molecule has 0 fully saturated rings. The Labute approximate surface area is 95.9 Å². The molecule has 16 heavy (non-hydrogen) atoms. The van der Waals surface area contributed by atoms with E-state index < -0.39 is 0 Å². The molecule has 0 saturated carbocycles. The number of ether oxygens (including phenoxy) is 2. The summed E-state index contributed by atoms with van der Waals surface area (Å²) in [5.41, 5.74) is 0.564.